The maximum atomic E-state index is 13.3. The maximum Gasteiger partial charge on any atom is 0.341 e. The fourth-order valence-electron chi connectivity index (χ4n) is 2.78. The highest BCUT2D eigenvalue weighted by Crippen LogP contribution is 2.36. The first-order valence-electron chi connectivity index (χ1n) is 9.20. The van der Waals surface area contributed by atoms with Crippen molar-refractivity contribution >= 4 is 34.3 Å². The summed E-state index contributed by atoms with van der Waals surface area (Å²) in [4.78, 5) is 25.3. The number of carbonyl (C=O) groups is 2. The number of nitriles is 1. The molecule has 8 heteroatoms. The third-order valence-corrected chi connectivity index (χ3v) is 5.15. The molecule has 0 radical (unpaired) electrons. The largest absolute Gasteiger partial charge is 0.507 e. The van der Waals surface area contributed by atoms with Crippen LogP contribution in [-0.2, 0) is 9.53 Å². The number of nitrogens with one attached hydrogen (secondary N) is 1. The number of esters is 1. The second-order valence-corrected chi connectivity index (χ2v) is 7.14. The van der Waals surface area contributed by atoms with Gasteiger partial charge in [-0.25, -0.2) is 9.18 Å². The van der Waals surface area contributed by atoms with E-state index in [4.69, 9.17) is 4.74 Å². The summed E-state index contributed by atoms with van der Waals surface area (Å²) in [5.41, 5.74) is 1.21. The summed E-state index contributed by atoms with van der Waals surface area (Å²) in [6.07, 6.45) is 1.25. The number of nitrogens with zero attached hydrogens (tertiary/aromatic N) is 1. The Hall–Kier alpha value is -3.96. The van der Waals surface area contributed by atoms with Crippen molar-refractivity contribution in [2.24, 2.45) is 0 Å². The van der Waals surface area contributed by atoms with Crippen LogP contribution in [0.25, 0.3) is 17.2 Å². The number of thiophene rings is 1. The first kappa shape index (κ1) is 21.7. The van der Waals surface area contributed by atoms with Gasteiger partial charge in [-0.3, -0.25) is 4.79 Å². The first-order valence-corrected chi connectivity index (χ1v) is 10.1. The summed E-state index contributed by atoms with van der Waals surface area (Å²) >= 11 is 1.08. The Morgan fingerprint density at radius 2 is 1.94 bits per heavy atom. The van der Waals surface area contributed by atoms with Gasteiger partial charge < -0.3 is 15.2 Å². The van der Waals surface area contributed by atoms with Gasteiger partial charge in [0.1, 0.15) is 33.8 Å². The molecule has 0 atom stereocenters. The predicted octanol–water partition coefficient (Wildman–Crippen LogP) is 4.98. The molecule has 0 aliphatic carbocycles. The zero-order valence-electron chi connectivity index (χ0n) is 16.4. The predicted molar refractivity (Wildman–Crippen MR) is 116 cm³/mol. The minimum Gasteiger partial charge on any atom is -0.507 e. The Morgan fingerprint density at radius 1 is 1.23 bits per heavy atom. The number of amides is 1. The van der Waals surface area contributed by atoms with E-state index in [0.717, 1.165) is 11.3 Å². The smallest absolute Gasteiger partial charge is 0.341 e. The monoisotopic (exact) mass is 436 g/mol. The van der Waals surface area contributed by atoms with Crippen LogP contribution >= 0.6 is 11.3 Å². The van der Waals surface area contributed by atoms with Crippen molar-refractivity contribution in [3.05, 3.63) is 76.4 Å². The number of aromatic hydroxyl groups is 1. The van der Waals surface area contributed by atoms with Crippen molar-refractivity contribution in [3.63, 3.8) is 0 Å². The third kappa shape index (κ3) is 4.97. The quantitative estimate of drug-likeness (QED) is 0.322. The second-order valence-electron chi connectivity index (χ2n) is 6.26. The molecule has 3 aromatic rings. The van der Waals surface area contributed by atoms with Crippen LogP contribution in [0.5, 0.6) is 5.75 Å². The molecular formula is C23H17FN2O4S. The summed E-state index contributed by atoms with van der Waals surface area (Å²) in [5.74, 6) is -1.89. The standard InChI is InChI=1S/C23H17FN2O4S/c1-2-30-23(29)20-18(14-7-9-17(24)10-8-14)13-31-22(20)26-21(28)16(12-25)11-15-5-3-4-6-19(15)27/h3-11,13,27H,2H2,1H3,(H,26,28)/b16-11+. The Balaban J connectivity index is 1.97. The van der Waals surface area contributed by atoms with Crippen molar-refractivity contribution in [1.82, 2.24) is 0 Å². The molecule has 1 aromatic heterocycles. The highest BCUT2D eigenvalue weighted by molar-refractivity contribution is 7.15. The molecule has 0 aliphatic heterocycles. The van der Waals surface area contributed by atoms with Gasteiger partial charge >= 0.3 is 5.97 Å². The van der Waals surface area contributed by atoms with Crippen molar-refractivity contribution < 1.29 is 23.8 Å². The number of carbonyl (C=O) groups excluding carboxylic acids is 2. The lowest BCUT2D eigenvalue weighted by molar-refractivity contribution is -0.112. The summed E-state index contributed by atoms with van der Waals surface area (Å²) in [6.45, 7) is 1.78. The number of hydrogen-bond donors (Lipinski definition) is 2. The van der Waals surface area contributed by atoms with E-state index in [0.29, 0.717) is 16.7 Å². The zero-order chi connectivity index (χ0) is 22.4. The van der Waals surface area contributed by atoms with E-state index in [1.807, 2.05) is 0 Å². The Bertz CT molecular complexity index is 1190. The van der Waals surface area contributed by atoms with Crippen LogP contribution in [0.2, 0.25) is 0 Å². The molecule has 0 bridgehead atoms. The molecule has 2 aromatic carbocycles. The Kier molecular flexibility index (Phi) is 6.80. The molecule has 0 saturated carbocycles. The molecule has 0 aliphatic rings. The minimum atomic E-state index is -0.746. The van der Waals surface area contributed by atoms with Gasteiger partial charge in [-0.2, -0.15) is 5.26 Å². The van der Waals surface area contributed by atoms with Crippen molar-refractivity contribution in [2.45, 2.75) is 6.92 Å². The molecule has 1 heterocycles. The molecular weight excluding hydrogens is 419 g/mol. The summed E-state index contributed by atoms with van der Waals surface area (Å²) < 4.78 is 18.4. The number of rotatable bonds is 6. The van der Waals surface area contributed by atoms with E-state index in [1.165, 1.54) is 36.4 Å². The fourth-order valence-corrected chi connectivity index (χ4v) is 3.73. The van der Waals surface area contributed by atoms with Crippen LogP contribution < -0.4 is 5.32 Å². The van der Waals surface area contributed by atoms with E-state index in [-0.39, 0.29) is 28.5 Å². The SMILES string of the molecule is CCOC(=O)c1c(-c2ccc(F)cc2)csc1NC(=O)/C(C#N)=C/c1ccccc1O. The highest BCUT2D eigenvalue weighted by Gasteiger charge is 2.24. The molecule has 0 unspecified atom stereocenters. The van der Waals surface area contributed by atoms with Crippen molar-refractivity contribution in [3.8, 4) is 22.9 Å². The van der Waals surface area contributed by atoms with Gasteiger partial charge in [0, 0.05) is 16.5 Å². The van der Waals surface area contributed by atoms with Gasteiger partial charge in [0.05, 0.1) is 6.61 Å². The Labute approximate surface area is 181 Å². The van der Waals surface area contributed by atoms with Gasteiger partial charge in [-0.15, -0.1) is 11.3 Å². The highest BCUT2D eigenvalue weighted by atomic mass is 32.1. The minimum absolute atomic E-state index is 0.0787. The number of halogens is 1. The third-order valence-electron chi connectivity index (χ3n) is 4.25. The topological polar surface area (TPSA) is 99.4 Å². The molecule has 1 amide bonds. The molecule has 0 saturated heterocycles. The van der Waals surface area contributed by atoms with Crippen LogP contribution in [-0.4, -0.2) is 23.6 Å². The van der Waals surface area contributed by atoms with Crippen LogP contribution in [0.15, 0.2) is 59.5 Å². The van der Waals surface area contributed by atoms with E-state index in [1.54, 1.807) is 36.6 Å². The first-order chi connectivity index (χ1) is 14.9. The van der Waals surface area contributed by atoms with Crippen molar-refractivity contribution in [2.75, 3.05) is 11.9 Å². The summed E-state index contributed by atoms with van der Waals surface area (Å²) in [5, 5.41) is 23.7. The van der Waals surface area contributed by atoms with E-state index in [2.05, 4.69) is 5.32 Å². The van der Waals surface area contributed by atoms with Crippen LogP contribution in [0.1, 0.15) is 22.8 Å². The number of phenols is 1. The molecule has 0 fully saturated rings. The number of benzene rings is 2. The molecule has 3 rings (SSSR count). The molecule has 2 N–H and O–H groups in total. The Morgan fingerprint density at radius 3 is 2.58 bits per heavy atom. The lowest BCUT2D eigenvalue weighted by Crippen LogP contribution is -2.16. The van der Waals surface area contributed by atoms with Gasteiger partial charge in [-0.05, 0) is 36.8 Å². The fraction of sp³-hybridized carbons (Fsp3) is 0.0870. The van der Waals surface area contributed by atoms with Crippen molar-refractivity contribution in [1.29, 1.82) is 5.26 Å². The average Bonchev–Trinajstić information content (AvgIpc) is 3.17. The number of para-hydroxylation sites is 1. The van der Waals surface area contributed by atoms with Gasteiger partial charge in [0.15, 0.2) is 0 Å². The summed E-state index contributed by atoms with van der Waals surface area (Å²) in [6, 6.07) is 13.6. The number of ether oxygens (including phenoxy) is 1. The maximum absolute atomic E-state index is 13.3. The van der Waals surface area contributed by atoms with Crippen LogP contribution in [0, 0.1) is 17.1 Å². The van der Waals surface area contributed by atoms with Gasteiger partial charge in [-0.1, -0.05) is 30.3 Å². The van der Waals surface area contributed by atoms with E-state index < -0.39 is 17.7 Å². The average molecular weight is 436 g/mol. The number of anilines is 1. The normalized spacial score (nSPS) is 10.9. The second kappa shape index (κ2) is 9.69. The number of hydrogen-bond acceptors (Lipinski definition) is 6. The van der Waals surface area contributed by atoms with Gasteiger partial charge in [0.2, 0.25) is 0 Å². The lowest BCUT2D eigenvalue weighted by Gasteiger charge is -2.09. The van der Waals surface area contributed by atoms with E-state index in [9.17, 15) is 24.3 Å². The molecule has 0 spiro atoms. The number of phenolic OH excluding ortho intramolecular Hbond substituents is 1. The van der Waals surface area contributed by atoms with Crippen LogP contribution in [0.3, 0.4) is 0 Å². The molecule has 156 valence electrons. The van der Waals surface area contributed by atoms with Crippen LogP contribution in [0.4, 0.5) is 9.39 Å². The molecule has 31 heavy (non-hydrogen) atoms. The zero-order valence-corrected chi connectivity index (χ0v) is 17.2. The lowest BCUT2D eigenvalue weighted by atomic mass is 10.0. The van der Waals surface area contributed by atoms with E-state index >= 15 is 0 Å². The molecule has 6 nitrogen and oxygen atoms in total. The summed E-state index contributed by atoms with van der Waals surface area (Å²) in [7, 11) is 0. The van der Waals surface area contributed by atoms with Gasteiger partial charge in [0.25, 0.3) is 5.91 Å².